The van der Waals surface area contributed by atoms with Crippen LogP contribution in [-0.2, 0) is 6.42 Å². The van der Waals surface area contributed by atoms with E-state index in [9.17, 15) is 8.78 Å². The minimum atomic E-state index is -0.356. The number of aryl methyl sites for hydroxylation is 1. The van der Waals surface area contributed by atoms with E-state index in [-0.39, 0.29) is 11.6 Å². The first-order chi connectivity index (χ1) is 13.7. The highest BCUT2D eigenvalue weighted by atomic mass is 19.1. The van der Waals surface area contributed by atoms with Crippen LogP contribution in [-0.4, -0.2) is 0 Å². The highest BCUT2D eigenvalue weighted by Gasteiger charge is 2.13. The van der Waals surface area contributed by atoms with E-state index in [1.807, 2.05) is 36.4 Å². The van der Waals surface area contributed by atoms with Gasteiger partial charge in [0.15, 0.2) is 0 Å². The molecule has 0 amide bonds. The van der Waals surface area contributed by atoms with Crippen LogP contribution in [0.3, 0.4) is 0 Å². The Labute approximate surface area is 167 Å². The van der Waals surface area contributed by atoms with Crippen LogP contribution in [0.2, 0.25) is 0 Å². The van der Waals surface area contributed by atoms with Gasteiger partial charge in [-0.15, -0.1) is 0 Å². The maximum atomic E-state index is 14.9. The van der Waals surface area contributed by atoms with Crippen molar-refractivity contribution in [2.45, 2.75) is 51.9 Å². The molecule has 3 aromatic rings. The van der Waals surface area contributed by atoms with Gasteiger partial charge in [0.05, 0.1) is 0 Å². The fraction of sp³-hybridized carbons (Fsp3) is 0.308. The van der Waals surface area contributed by atoms with Crippen molar-refractivity contribution in [3.8, 4) is 22.3 Å². The van der Waals surface area contributed by atoms with E-state index in [1.165, 1.54) is 44.2 Å². The van der Waals surface area contributed by atoms with Gasteiger partial charge in [0.25, 0.3) is 0 Å². The topological polar surface area (TPSA) is 0 Å². The van der Waals surface area contributed by atoms with E-state index in [1.54, 1.807) is 18.2 Å². The summed E-state index contributed by atoms with van der Waals surface area (Å²) in [6.45, 7) is 2.21. The van der Waals surface area contributed by atoms with Crippen LogP contribution >= 0.6 is 0 Å². The first-order valence-electron chi connectivity index (χ1n) is 10.3. The molecule has 2 heteroatoms. The number of hydrogen-bond acceptors (Lipinski definition) is 0. The molecule has 0 heterocycles. The summed E-state index contributed by atoms with van der Waals surface area (Å²) < 4.78 is 28.8. The largest absolute Gasteiger partial charge is 0.207 e. The molecule has 0 aromatic heterocycles. The summed E-state index contributed by atoms with van der Waals surface area (Å²) in [5.41, 5.74) is 3.84. The normalized spacial score (nSPS) is 11.0. The van der Waals surface area contributed by atoms with Crippen molar-refractivity contribution in [2.75, 3.05) is 0 Å². The van der Waals surface area contributed by atoms with Crippen LogP contribution in [0.5, 0.6) is 0 Å². The van der Waals surface area contributed by atoms with Gasteiger partial charge in [-0.1, -0.05) is 87.6 Å². The summed E-state index contributed by atoms with van der Waals surface area (Å²) in [6.07, 6.45) is 8.23. The summed E-state index contributed by atoms with van der Waals surface area (Å²) in [6, 6.07) is 19.7. The van der Waals surface area contributed by atoms with Crippen LogP contribution in [0.4, 0.5) is 8.78 Å². The molecule has 0 spiro atoms. The number of halogens is 2. The SMILES string of the molecule is CCCCCCCCc1ccc(-c2cc(F)ccc2-c2ccccc2)c(F)c1. The van der Waals surface area contributed by atoms with Crippen LogP contribution in [0.25, 0.3) is 22.3 Å². The van der Waals surface area contributed by atoms with Gasteiger partial charge in [0, 0.05) is 5.56 Å². The highest BCUT2D eigenvalue weighted by Crippen LogP contribution is 2.34. The van der Waals surface area contributed by atoms with E-state index < -0.39 is 0 Å². The molecule has 0 atom stereocenters. The van der Waals surface area contributed by atoms with Crippen molar-refractivity contribution in [3.63, 3.8) is 0 Å². The summed E-state index contributed by atoms with van der Waals surface area (Å²) in [4.78, 5) is 0. The Morgan fingerprint density at radius 2 is 1.36 bits per heavy atom. The van der Waals surface area contributed by atoms with Crippen molar-refractivity contribution in [3.05, 3.63) is 83.9 Å². The molecule has 0 unspecified atom stereocenters. The molecule has 0 bridgehead atoms. The fourth-order valence-corrected chi connectivity index (χ4v) is 3.65. The van der Waals surface area contributed by atoms with Gasteiger partial charge < -0.3 is 0 Å². The zero-order valence-corrected chi connectivity index (χ0v) is 16.6. The second-order valence-electron chi connectivity index (χ2n) is 7.39. The second kappa shape index (κ2) is 10.2. The molecule has 0 nitrogen and oxygen atoms in total. The quantitative estimate of drug-likeness (QED) is 0.329. The monoisotopic (exact) mass is 378 g/mol. The molecule has 0 aliphatic carbocycles. The van der Waals surface area contributed by atoms with Crippen LogP contribution in [0.1, 0.15) is 51.0 Å². The molecule has 0 aliphatic rings. The summed E-state index contributed by atoms with van der Waals surface area (Å²) >= 11 is 0. The Hall–Kier alpha value is -2.48. The lowest BCUT2D eigenvalue weighted by Gasteiger charge is -2.12. The first-order valence-corrected chi connectivity index (χ1v) is 10.3. The molecule has 0 fully saturated rings. The minimum Gasteiger partial charge on any atom is -0.207 e. The van der Waals surface area contributed by atoms with Crippen molar-refractivity contribution >= 4 is 0 Å². The maximum absolute atomic E-state index is 14.9. The smallest absolute Gasteiger partial charge is 0.131 e. The van der Waals surface area contributed by atoms with Crippen molar-refractivity contribution in [1.82, 2.24) is 0 Å². The highest BCUT2D eigenvalue weighted by molar-refractivity contribution is 5.83. The molecular formula is C26H28F2. The van der Waals surface area contributed by atoms with E-state index in [0.717, 1.165) is 29.5 Å². The Bertz CT molecular complexity index is 884. The van der Waals surface area contributed by atoms with Gasteiger partial charge in [-0.2, -0.15) is 0 Å². The summed E-state index contributed by atoms with van der Waals surface area (Å²) in [5, 5.41) is 0. The van der Waals surface area contributed by atoms with E-state index in [0.29, 0.717) is 11.1 Å². The number of unbranched alkanes of at least 4 members (excludes halogenated alkanes) is 5. The standard InChI is InChI=1S/C26H28F2/c1-2-3-4-5-6-8-11-20-14-16-24(26(28)18-20)25-19-22(27)15-17-23(25)21-12-9-7-10-13-21/h7,9-10,12-19H,2-6,8,11H2,1H3. The lowest BCUT2D eigenvalue weighted by atomic mass is 9.93. The average Bonchev–Trinajstić information content (AvgIpc) is 2.71. The lowest BCUT2D eigenvalue weighted by molar-refractivity contribution is 0.603. The molecule has 0 saturated heterocycles. The molecular weight excluding hydrogens is 350 g/mol. The van der Waals surface area contributed by atoms with Crippen molar-refractivity contribution in [1.29, 1.82) is 0 Å². The van der Waals surface area contributed by atoms with Crippen LogP contribution in [0.15, 0.2) is 66.7 Å². The van der Waals surface area contributed by atoms with Crippen molar-refractivity contribution in [2.24, 2.45) is 0 Å². The predicted octanol–water partition coefficient (Wildman–Crippen LogP) is 8.20. The van der Waals surface area contributed by atoms with Gasteiger partial charge in [-0.25, -0.2) is 8.78 Å². The second-order valence-corrected chi connectivity index (χ2v) is 7.39. The average molecular weight is 379 g/mol. The van der Waals surface area contributed by atoms with E-state index in [2.05, 4.69) is 6.92 Å². The Morgan fingerprint density at radius 3 is 2.11 bits per heavy atom. The summed E-state index contributed by atoms with van der Waals surface area (Å²) in [7, 11) is 0. The molecule has 28 heavy (non-hydrogen) atoms. The van der Waals surface area contributed by atoms with Gasteiger partial charge >= 0.3 is 0 Å². The van der Waals surface area contributed by atoms with Gasteiger partial charge in [-0.05, 0) is 53.3 Å². The third-order valence-corrected chi connectivity index (χ3v) is 5.21. The number of hydrogen-bond donors (Lipinski definition) is 0. The molecule has 146 valence electrons. The Morgan fingerprint density at radius 1 is 0.643 bits per heavy atom. The molecule has 0 radical (unpaired) electrons. The fourth-order valence-electron chi connectivity index (χ4n) is 3.65. The maximum Gasteiger partial charge on any atom is 0.131 e. The molecule has 0 saturated carbocycles. The minimum absolute atomic E-state index is 0.286. The number of rotatable bonds is 9. The van der Waals surface area contributed by atoms with E-state index in [4.69, 9.17) is 0 Å². The zero-order chi connectivity index (χ0) is 19.8. The zero-order valence-electron chi connectivity index (χ0n) is 16.6. The molecule has 3 aromatic carbocycles. The van der Waals surface area contributed by atoms with Gasteiger partial charge in [-0.3, -0.25) is 0 Å². The van der Waals surface area contributed by atoms with E-state index >= 15 is 0 Å². The van der Waals surface area contributed by atoms with Gasteiger partial charge in [0.2, 0.25) is 0 Å². The van der Waals surface area contributed by atoms with Crippen molar-refractivity contribution < 1.29 is 8.78 Å². The number of benzene rings is 3. The third kappa shape index (κ3) is 5.28. The molecule has 0 aliphatic heterocycles. The third-order valence-electron chi connectivity index (χ3n) is 5.21. The lowest BCUT2D eigenvalue weighted by Crippen LogP contribution is -1.93. The van der Waals surface area contributed by atoms with Gasteiger partial charge in [0.1, 0.15) is 11.6 Å². The van der Waals surface area contributed by atoms with Crippen LogP contribution in [0, 0.1) is 11.6 Å². The Balaban J connectivity index is 1.78. The first kappa shape index (κ1) is 20.3. The van der Waals surface area contributed by atoms with Crippen LogP contribution < -0.4 is 0 Å². The molecule has 0 N–H and O–H groups in total. The Kier molecular flexibility index (Phi) is 7.36. The molecule has 3 rings (SSSR count). The summed E-state index contributed by atoms with van der Waals surface area (Å²) in [5.74, 6) is -0.642. The predicted molar refractivity (Wildman–Crippen MR) is 114 cm³/mol.